The molecule has 1 atom stereocenters. The number of amides is 4. The van der Waals surface area contributed by atoms with Gasteiger partial charge in [-0.05, 0) is 29.5 Å². The molecule has 0 bridgehead atoms. The van der Waals surface area contributed by atoms with Gasteiger partial charge in [-0.1, -0.05) is 73.9 Å². The molecule has 4 amide bonds. The molecule has 2 aromatic rings. The average molecular weight is 488 g/mol. The molecule has 0 unspecified atom stereocenters. The van der Waals surface area contributed by atoms with Crippen LogP contribution in [0.1, 0.15) is 50.5 Å². The number of hydrogen-bond acceptors (Lipinski definition) is 4. The summed E-state index contributed by atoms with van der Waals surface area (Å²) < 4.78 is 0. The number of imide groups is 1. The van der Waals surface area contributed by atoms with Crippen LogP contribution in [0, 0.1) is 0 Å². The molecule has 188 valence electrons. The van der Waals surface area contributed by atoms with E-state index in [1.807, 2.05) is 59.5 Å². The van der Waals surface area contributed by atoms with Crippen LogP contribution in [0.25, 0.3) is 11.1 Å². The maximum absolute atomic E-state index is 13.5. The molecule has 0 radical (unpaired) electrons. The van der Waals surface area contributed by atoms with Crippen molar-refractivity contribution in [3.63, 3.8) is 0 Å². The van der Waals surface area contributed by atoms with Gasteiger partial charge in [-0.3, -0.25) is 24.1 Å². The van der Waals surface area contributed by atoms with Gasteiger partial charge in [0.05, 0.1) is 12.0 Å². The third-order valence-corrected chi connectivity index (χ3v) is 8.16. The second kappa shape index (κ2) is 9.88. The summed E-state index contributed by atoms with van der Waals surface area (Å²) in [5.74, 6) is -0.928. The molecule has 2 aromatic carbocycles. The normalized spacial score (nSPS) is 23.5. The summed E-state index contributed by atoms with van der Waals surface area (Å²) in [6.07, 6.45) is 5.41. The SMILES string of the molecule is CN1C(=O)C[C@](CC(=O)N2CCN(C3CCCCC3)C(=O)C2)(c2ccc(-c3ccccc3)cc2)C1=O. The van der Waals surface area contributed by atoms with Crippen LogP contribution in [0.5, 0.6) is 0 Å². The Labute approximate surface area is 212 Å². The van der Waals surface area contributed by atoms with Crippen molar-refractivity contribution in [2.75, 3.05) is 26.7 Å². The van der Waals surface area contributed by atoms with Gasteiger partial charge in [0.2, 0.25) is 23.6 Å². The summed E-state index contributed by atoms with van der Waals surface area (Å²) in [5.41, 5.74) is 1.46. The van der Waals surface area contributed by atoms with Crippen molar-refractivity contribution in [1.82, 2.24) is 14.7 Å². The molecule has 2 heterocycles. The fraction of sp³-hybridized carbons (Fsp3) is 0.448. The molecule has 2 aliphatic heterocycles. The van der Waals surface area contributed by atoms with Crippen LogP contribution in [0.3, 0.4) is 0 Å². The number of likely N-dealkylation sites (N-methyl/N-ethyl adjacent to an activating group) is 1. The van der Waals surface area contributed by atoms with E-state index in [2.05, 4.69) is 0 Å². The number of piperazine rings is 1. The molecule has 0 N–H and O–H groups in total. The third-order valence-electron chi connectivity index (χ3n) is 8.16. The van der Waals surface area contributed by atoms with Crippen LogP contribution in [0.2, 0.25) is 0 Å². The Kier molecular flexibility index (Phi) is 6.65. The van der Waals surface area contributed by atoms with E-state index in [1.54, 1.807) is 4.90 Å². The topological polar surface area (TPSA) is 78.0 Å². The van der Waals surface area contributed by atoms with E-state index in [4.69, 9.17) is 0 Å². The summed E-state index contributed by atoms with van der Waals surface area (Å²) in [4.78, 5) is 57.1. The zero-order chi connectivity index (χ0) is 25.3. The smallest absolute Gasteiger partial charge is 0.242 e. The highest BCUT2D eigenvalue weighted by atomic mass is 16.2. The van der Waals surface area contributed by atoms with E-state index in [-0.39, 0.29) is 49.1 Å². The van der Waals surface area contributed by atoms with Gasteiger partial charge in [-0.2, -0.15) is 0 Å². The molecule has 5 rings (SSSR count). The van der Waals surface area contributed by atoms with E-state index in [1.165, 1.54) is 13.5 Å². The second-order valence-corrected chi connectivity index (χ2v) is 10.3. The predicted octanol–water partition coefficient (Wildman–Crippen LogP) is 3.37. The zero-order valence-corrected chi connectivity index (χ0v) is 20.8. The predicted molar refractivity (Wildman–Crippen MR) is 136 cm³/mol. The van der Waals surface area contributed by atoms with Gasteiger partial charge in [-0.25, -0.2) is 0 Å². The monoisotopic (exact) mass is 487 g/mol. The minimum atomic E-state index is -1.25. The van der Waals surface area contributed by atoms with Crippen molar-refractivity contribution >= 4 is 23.6 Å². The Morgan fingerprint density at radius 3 is 2.14 bits per heavy atom. The van der Waals surface area contributed by atoms with Crippen LogP contribution >= 0.6 is 0 Å². The summed E-state index contributed by atoms with van der Waals surface area (Å²) in [6, 6.07) is 17.8. The third kappa shape index (κ3) is 4.43. The van der Waals surface area contributed by atoms with E-state index >= 15 is 0 Å². The highest BCUT2D eigenvalue weighted by Crippen LogP contribution is 2.40. The van der Waals surface area contributed by atoms with Crippen molar-refractivity contribution in [1.29, 1.82) is 0 Å². The quantitative estimate of drug-likeness (QED) is 0.606. The molecular formula is C29H33N3O4. The Hall–Kier alpha value is -3.48. The largest absolute Gasteiger partial charge is 0.336 e. The molecule has 3 fully saturated rings. The minimum Gasteiger partial charge on any atom is -0.336 e. The summed E-state index contributed by atoms with van der Waals surface area (Å²) in [5, 5.41) is 0. The Morgan fingerprint density at radius 1 is 0.861 bits per heavy atom. The van der Waals surface area contributed by atoms with Crippen molar-refractivity contribution < 1.29 is 19.2 Å². The van der Waals surface area contributed by atoms with Crippen molar-refractivity contribution in [3.8, 4) is 11.1 Å². The fourth-order valence-corrected chi connectivity index (χ4v) is 6.01. The molecule has 3 aliphatic rings. The van der Waals surface area contributed by atoms with E-state index in [0.29, 0.717) is 18.7 Å². The fourth-order valence-electron chi connectivity index (χ4n) is 6.01. The maximum Gasteiger partial charge on any atom is 0.242 e. The zero-order valence-electron chi connectivity index (χ0n) is 20.8. The number of benzene rings is 2. The number of carbonyl (C=O) groups excluding carboxylic acids is 4. The molecule has 1 saturated carbocycles. The Bertz CT molecular complexity index is 1160. The standard InChI is InChI=1S/C29H33N3O4/c1-30-25(33)18-29(28(30)36,23-14-12-22(13-15-23)21-8-4-2-5-9-21)19-26(34)31-16-17-32(27(35)20-31)24-10-6-3-7-11-24/h2,4-5,8-9,12-15,24H,3,6-7,10-11,16-20H2,1H3/t29-/m0/s1. The van der Waals surface area contributed by atoms with Crippen LogP contribution in [-0.2, 0) is 24.6 Å². The summed E-state index contributed by atoms with van der Waals surface area (Å²) >= 11 is 0. The highest BCUT2D eigenvalue weighted by molar-refractivity contribution is 6.10. The van der Waals surface area contributed by atoms with Gasteiger partial charge in [0.15, 0.2) is 0 Å². The van der Waals surface area contributed by atoms with Gasteiger partial charge < -0.3 is 9.80 Å². The molecule has 1 aliphatic carbocycles. The first-order chi connectivity index (χ1) is 17.4. The lowest BCUT2D eigenvalue weighted by Gasteiger charge is -2.41. The molecular weight excluding hydrogens is 454 g/mol. The van der Waals surface area contributed by atoms with E-state index in [0.717, 1.165) is 41.7 Å². The van der Waals surface area contributed by atoms with Gasteiger partial charge >= 0.3 is 0 Å². The van der Waals surface area contributed by atoms with Crippen molar-refractivity contribution in [2.45, 2.75) is 56.4 Å². The molecule has 7 heteroatoms. The van der Waals surface area contributed by atoms with Gasteiger partial charge in [0.1, 0.15) is 0 Å². The molecule has 7 nitrogen and oxygen atoms in total. The molecule has 36 heavy (non-hydrogen) atoms. The van der Waals surface area contributed by atoms with Gasteiger partial charge in [0, 0.05) is 39.0 Å². The van der Waals surface area contributed by atoms with Crippen molar-refractivity contribution in [2.24, 2.45) is 0 Å². The number of carbonyl (C=O) groups is 4. The first-order valence-corrected chi connectivity index (χ1v) is 12.9. The average Bonchev–Trinajstić information content (AvgIpc) is 3.13. The maximum atomic E-state index is 13.5. The summed E-state index contributed by atoms with van der Waals surface area (Å²) in [6.45, 7) is 1.03. The van der Waals surface area contributed by atoms with Crippen LogP contribution in [0.15, 0.2) is 54.6 Å². The number of nitrogens with zero attached hydrogens (tertiary/aromatic N) is 3. The lowest BCUT2D eigenvalue weighted by atomic mass is 9.75. The van der Waals surface area contributed by atoms with Crippen molar-refractivity contribution in [3.05, 3.63) is 60.2 Å². The number of rotatable bonds is 5. The van der Waals surface area contributed by atoms with E-state index < -0.39 is 5.41 Å². The molecule has 0 aromatic heterocycles. The van der Waals surface area contributed by atoms with E-state index in [9.17, 15) is 19.2 Å². The van der Waals surface area contributed by atoms with Crippen LogP contribution < -0.4 is 0 Å². The Morgan fingerprint density at radius 2 is 1.53 bits per heavy atom. The molecule has 2 saturated heterocycles. The lowest BCUT2D eigenvalue weighted by Crippen LogP contribution is -2.56. The first-order valence-electron chi connectivity index (χ1n) is 12.9. The first kappa shape index (κ1) is 24.2. The van der Waals surface area contributed by atoms with Gasteiger partial charge in [-0.15, -0.1) is 0 Å². The minimum absolute atomic E-state index is 0.0197. The molecule has 0 spiro atoms. The summed E-state index contributed by atoms with van der Waals surface area (Å²) in [7, 11) is 1.47. The number of likely N-dealkylation sites (tertiary alicyclic amines) is 1. The Balaban J connectivity index is 1.35. The lowest BCUT2D eigenvalue weighted by molar-refractivity contribution is -0.149. The highest BCUT2D eigenvalue weighted by Gasteiger charge is 2.53. The number of hydrogen-bond donors (Lipinski definition) is 0. The van der Waals surface area contributed by atoms with Gasteiger partial charge in [0.25, 0.3) is 0 Å². The van der Waals surface area contributed by atoms with Crippen LogP contribution in [0.4, 0.5) is 0 Å². The van der Waals surface area contributed by atoms with Crippen LogP contribution in [-0.4, -0.2) is 71.1 Å². The second-order valence-electron chi connectivity index (χ2n) is 10.3.